The fourth-order valence-corrected chi connectivity index (χ4v) is 1.58. The molecule has 0 aliphatic rings. The van der Waals surface area contributed by atoms with Crippen LogP contribution in [-0.4, -0.2) is 18.4 Å². The Balaban J connectivity index is 2.60. The number of amides is 2. The van der Waals surface area contributed by atoms with Crippen molar-refractivity contribution in [3.05, 3.63) is 23.5 Å². The van der Waals surface area contributed by atoms with Crippen molar-refractivity contribution in [1.29, 1.82) is 0 Å². The predicted octanol–water partition coefficient (Wildman–Crippen LogP) is 0.574. The number of nitrogen functional groups attached to an aromatic ring is 1. The zero-order valence-corrected chi connectivity index (χ0v) is 10.4. The van der Waals surface area contributed by atoms with Gasteiger partial charge < -0.3 is 22.5 Å². The second kappa shape index (κ2) is 6.58. The van der Waals surface area contributed by atoms with Crippen molar-refractivity contribution in [2.24, 2.45) is 11.5 Å². The summed E-state index contributed by atoms with van der Waals surface area (Å²) in [6, 6.07) is 2.33. The molecule has 0 aromatic heterocycles. The molecule has 0 bridgehead atoms. The van der Waals surface area contributed by atoms with Gasteiger partial charge in [0.1, 0.15) is 5.82 Å². The first-order valence-corrected chi connectivity index (χ1v) is 5.83. The van der Waals surface area contributed by atoms with Gasteiger partial charge in [0.05, 0.1) is 11.3 Å². The minimum absolute atomic E-state index is 0.00396. The average molecular weight is 268 g/mol. The third kappa shape index (κ3) is 4.46. The van der Waals surface area contributed by atoms with Crippen LogP contribution in [0.4, 0.5) is 15.8 Å². The van der Waals surface area contributed by atoms with Gasteiger partial charge in [-0.3, -0.25) is 9.59 Å². The Labute approximate surface area is 110 Å². The number of anilines is 2. The maximum atomic E-state index is 13.6. The van der Waals surface area contributed by atoms with Crippen LogP contribution in [0.1, 0.15) is 29.6 Å². The van der Waals surface area contributed by atoms with E-state index in [-0.39, 0.29) is 22.8 Å². The van der Waals surface area contributed by atoms with Crippen LogP contribution >= 0.6 is 0 Å². The molecule has 0 fully saturated rings. The number of carbonyl (C=O) groups excluding carboxylic acids is 2. The first-order valence-electron chi connectivity index (χ1n) is 5.83. The maximum absolute atomic E-state index is 13.6. The van der Waals surface area contributed by atoms with Gasteiger partial charge in [-0.05, 0) is 25.0 Å². The molecule has 104 valence electrons. The van der Waals surface area contributed by atoms with Crippen LogP contribution in [0, 0.1) is 5.82 Å². The average Bonchev–Trinajstić information content (AvgIpc) is 2.30. The van der Waals surface area contributed by atoms with Crippen molar-refractivity contribution in [1.82, 2.24) is 0 Å². The van der Waals surface area contributed by atoms with E-state index in [1.54, 1.807) is 0 Å². The monoisotopic (exact) mass is 268 g/mol. The van der Waals surface area contributed by atoms with Crippen LogP contribution in [0.15, 0.2) is 12.1 Å². The zero-order chi connectivity index (χ0) is 14.4. The van der Waals surface area contributed by atoms with Crippen LogP contribution in [-0.2, 0) is 4.79 Å². The molecule has 1 aromatic rings. The summed E-state index contributed by atoms with van der Waals surface area (Å²) in [5.74, 6) is -1.64. The van der Waals surface area contributed by atoms with Crippen molar-refractivity contribution in [2.75, 3.05) is 17.6 Å². The molecule has 0 saturated heterocycles. The molecule has 0 radical (unpaired) electrons. The van der Waals surface area contributed by atoms with E-state index in [0.717, 1.165) is 6.07 Å². The molecule has 7 heteroatoms. The first-order chi connectivity index (χ1) is 8.91. The second-order valence-corrected chi connectivity index (χ2v) is 4.13. The number of primary amides is 2. The Kier molecular flexibility index (Phi) is 5.11. The van der Waals surface area contributed by atoms with Gasteiger partial charge in [0, 0.05) is 18.7 Å². The molecule has 7 N–H and O–H groups in total. The lowest BCUT2D eigenvalue weighted by atomic mass is 10.1. The summed E-state index contributed by atoms with van der Waals surface area (Å²) in [6.07, 6.45) is 1.55. The molecule has 2 amide bonds. The molecule has 0 unspecified atom stereocenters. The molecule has 1 rings (SSSR count). The molecule has 0 atom stereocenters. The fourth-order valence-electron chi connectivity index (χ4n) is 1.58. The van der Waals surface area contributed by atoms with Gasteiger partial charge in [-0.1, -0.05) is 0 Å². The topological polar surface area (TPSA) is 124 Å². The third-order valence-electron chi connectivity index (χ3n) is 2.57. The summed E-state index contributed by atoms with van der Waals surface area (Å²) in [4.78, 5) is 21.6. The number of nitrogens with two attached hydrogens (primary N) is 3. The van der Waals surface area contributed by atoms with Crippen molar-refractivity contribution >= 4 is 23.2 Å². The van der Waals surface area contributed by atoms with Gasteiger partial charge in [0.25, 0.3) is 5.91 Å². The Bertz CT molecular complexity index is 491. The van der Waals surface area contributed by atoms with Gasteiger partial charge >= 0.3 is 0 Å². The van der Waals surface area contributed by atoms with Gasteiger partial charge in [0.2, 0.25) is 5.91 Å². The Morgan fingerprint density at radius 3 is 2.47 bits per heavy atom. The van der Waals surface area contributed by atoms with Crippen LogP contribution in [0.5, 0.6) is 0 Å². The number of nitrogens with one attached hydrogen (secondary N) is 1. The van der Waals surface area contributed by atoms with Crippen molar-refractivity contribution < 1.29 is 14.0 Å². The molecular weight excluding hydrogens is 251 g/mol. The maximum Gasteiger partial charge on any atom is 0.250 e. The molecule has 19 heavy (non-hydrogen) atoms. The molecule has 0 spiro atoms. The number of benzene rings is 1. The van der Waals surface area contributed by atoms with Gasteiger partial charge in [0.15, 0.2) is 0 Å². The summed E-state index contributed by atoms with van der Waals surface area (Å²) >= 11 is 0. The van der Waals surface area contributed by atoms with Crippen LogP contribution < -0.4 is 22.5 Å². The largest absolute Gasteiger partial charge is 0.398 e. The lowest BCUT2D eigenvalue weighted by Gasteiger charge is -2.10. The second-order valence-electron chi connectivity index (χ2n) is 4.13. The van der Waals surface area contributed by atoms with Crippen LogP contribution in [0.3, 0.4) is 0 Å². The lowest BCUT2D eigenvalue weighted by Crippen LogP contribution is -2.15. The molecule has 1 aromatic carbocycles. The van der Waals surface area contributed by atoms with Crippen molar-refractivity contribution in [3.8, 4) is 0 Å². The van der Waals surface area contributed by atoms with Crippen molar-refractivity contribution in [3.63, 3.8) is 0 Å². The third-order valence-corrected chi connectivity index (χ3v) is 2.57. The summed E-state index contributed by atoms with van der Waals surface area (Å²) in [5, 5.41) is 2.82. The highest BCUT2D eigenvalue weighted by molar-refractivity contribution is 5.99. The van der Waals surface area contributed by atoms with Gasteiger partial charge in [-0.2, -0.15) is 0 Å². The number of hydrogen-bond donors (Lipinski definition) is 4. The lowest BCUT2D eigenvalue weighted by molar-refractivity contribution is -0.118. The molecule has 0 aliphatic heterocycles. The Morgan fingerprint density at radius 1 is 1.21 bits per heavy atom. The smallest absolute Gasteiger partial charge is 0.250 e. The van der Waals surface area contributed by atoms with Crippen LogP contribution in [0.2, 0.25) is 0 Å². The zero-order valence-electron chi connectivity index (χ0n) is 10.4. The normalized spacial score (nSPS) is 10.2. The number of rotatable bonds is 7. The fraction of sp³-hybridized carbons (Fsp3) is 0.333. The highest BCUT2D eigenvalue weighted by Crippen LogP contribution is 2.21. The number of carbonyl (C=O) groups is 2. The number of unbranched alkanes of at least 4 members (excludes halogenated alkanes) is 1. The van der Waals surface area contributed by atoms with E-state index < -0.39 is 11.7 Å². The summed E-state index contributed by atoms with van der Waals surface area (Å²) in [5.41, 5.74) is 15.8. The molecule has 0 saturated carbocycles. The summed E-state index contributed by atoms with van der Waals surface area (Å²) < 4.78 is 13.6. The van der Waals surface area contributed by atoms with Gasteiger partial charge in [-0.25, -0.2) is 4.39 Å². The van der Waals surface area contributed by atoms with Gasteiger partial charge in [-0.15, -0.1) is 0 Å². The number of halogens is 1. The number of hydrogen-bond acceptors (Lipinski definition) is 4. The molecule has 0 heterocycles. The van der Waals surface area contributed by atoms with Crippen LogP contribution in [0.25, 0.3) is 0 Å². The highest BCUT2D eigenvalue weighted by atomic mass is 19.1. The molecular formula is C12H17FN4O2. The SMILES string of the molecule is NC(=O)CCCCNc1cc(C(N)=O)c(N)cc1F. The minimum Gasteiger partial charge on any atom is -0.398 e. The van der Waals surface area contributed by atoms with E-state index in [9.17, 15) is 14.0 Å². The van der Waals surface area contributed by atoms with E-state index in [0.29, 0.717) is 25.8 Å². The summed E-state index contributed by atoms with van der Waals surface area (Å²) in [6.45, 7) is 0.451. The quantitative estimate of drug-likeness (QED) is 0.426. The first kappa shape index (κ1) is 14.7. The Hall–Kier alpha value is -2.31. The van der Waals surface area contributed by atoms with E-state index in [1.165, 1.54) is 6.07 Å². The standard InChI is InChI=1S/C12H17FN4O2/c13-8-6-9(14)7(12(16)19)5-10(8)17-4-2-1-3-11(15)18/h5-6,17H,1-4,14H2,(H2,15,18)(H2,16,19). The minimum atomic E-state index is -0.714. The Morgan fingerprint density at radius 2 is 1.89 bits per heavy atom. The molecule has 0 aliphatic carbocycles. The predicted molar refractivity (Wildman–Crippen MR) is 70.9 cm³/mol. The van der Waals surface area contributed by atoms with Crippen molar-refractivity contribution in [2.45, 2.75) is 19.3 Å². The van der Waals surface area contributed by atoms with E-state index >= 15 is 0 Å². The van der Waals surface area contributed by atoms with E-state index in [4.69, 9.17) is 17.2 Å². The summed E-state index contributed by atoms with van der Waals surface area (Å²) in [7, 11) is 0. The highest BCUT2D eigenvalue weighted by Gasteiger charge is 2.11. The van der Waals surface area contributed by atoms with E-state index in [2.05, 4.69) is 5.32 Å². The molecule has 6 nitrogen and oxygen atoms in total. The van der Waals surface area contributed by atoms with E-state index in [1.807, 2.05) is 0 Å².